The number of rotatable bonds is 15. The van der Waals surface area contributed by atoms with Gasteiger partial charge in [0.25, 0.3) is 0 Å². The van der Waals surface area contributed by atoms with Crippen molar-refractivity contribution in [2.24, 2.45) is 17.6 Å². The number of amides is 1. The van der Waals surface area contributed by atoms with E-state index in [0.29, 0.717) is 57.9 Å². The van der Waals surface area contributed by atoms with Crippen molar-refractivity contribution in [3.05, 3.63) is 145 Å². The maximum Gasteiger partial charge on any atom is 1.00 e. The summed E-state index contributed by atoms with van der Waals surface area (Å²) in [6, 6.07) is 39.0. The Balaban J connectivity index is 0.000000241. The number of aliphatic hydroxyl groups excluding tert-OH is 2. The zero-order valence-electron chi connectivity index (χ0n) is 36.7. The van der Waals surface area contributed by atoms with E-state index >= 15 is 0 Å². The molecule has 1 unspecified atom stereocenters. The molecule has 13 nitrogen and oxygen atoms in total. The standard InChI is InChI=1S/C25H29N3O3.C18H22N2O4.C7H9N.CH4.Li/c29-21(18-31-24-10-4-9-23-22(24)8-5-13-26-23)17-28-14-11-20(12-15-28)25(30)27-16-19-6-2-1-3-7-19;21-14(11-20-9-6-13(7-10-20)18(22)23)12-24-17-5-1-4-16-15(17)3-2-8-19-16;8-6-7-4-2-1-3-5-7;;/h1-10,13,20-21,29H,11-12,14-18H2,(H,27,30);1-5,8,13-14,21H,6-7,9-12H2,(H,22,23);1-5H,6,8H2;1H4;/q;;;;+1/p-1/t21-;;;;/m1..../s1. The van der Waals surface area contributed by atoms with Gasteiger partial charge in [-0.25, -0.2) is 0 Å². The molecule has 0 saturated carbocycles. The van der Waals surface area contributed by atoms with Crippen molar-refractivity contribution >= 4 is 33.7 Å². The summed E-state index contributed by atoms with van der Waals surface area (Å²) in [6.45, 7) is 5.57. The number of aromatic nitrogens is 2. The molecule has 2 aromatic heterocycles. The molecule has 0 bridgehead atoms. The summed E-state index contributed by atoms with van der Waals surface area (Å²) in [6.07, 6.45) is 5.04. The van der Waals surface area contributed by atoms with Crippen molar-refractivity contribution in [3.8, 4) is 11.5 Å². The van der Waals surface area contributed by atoms with Crippen LogP contribution in [0.25, 0.3) is 21.8 Å². The number of β-amino-alcohol motifs (C(OH)–C–C–N with tert-alkyl or cyclic N) is 2. The fourth-order valence-corrected chi connectivity index (χ4v) is 7.75. The molecule has 14 heteroatoms. The summed E-state index contributed by atoms with van der Waals surface area (Å²) in [4.78, 5) is 36.2. The first-order valence-corrected chi connectivity index (χ1v) is 21.8. The van der Waals surface area contributed by atoms with Gasteiger partial charge in [0, 0.05) is 67.2 Å². The van der Waals surface area contributed by atoms with E-state index in [1.165, 1.54) is 5.56 Å². The molecule has 6 aromatic rings. The van der Waals surface area contributed by atoms with Crippen LogP contribution >= 0.6 is 0 Å². The van der Waals surface area contributed by atoms with E-state index in [2.05, 4.69) is 25.1 Å². The van der Waals surface area contributed by atoms with Gasteiger partial charge in [-0.15, -0.1) is 0 Å². The number of pyridine rings is 2. The van der Waals surface area contributed by atoms with Crippen molar-refractivity contribution in [1.29, 1.82) is 0 Å². The van der Waals surface area contributed by atoms with Crippen LogP contribution in [0.4, 0.5) is 0 Å². The Morgan fingerprint density at radius 1 is 0.646 bits per heavy atom. The van der Waals surface area contributed by atoms with Crippen LogP contribution in [0.2, 0.25) is 0 Å². The smallest absolute Gasteiger partial charge is 0.550 e. The van der Waals surface area contributed by atoms with Crippen LogP contribution in [0.3, 0.4) is 0 Å². The predicted octanol–water partition coefficient (Wildman–Crippen LogP) is 2.22. The molecule has 0 radical (unpaired) electrons. The Kier molecular flexibility index (Phi) is 22.4. The average Bonchev–Trinajstić information content (AvgIpc) is 3.33. The zero-order chi connectivity index (χ0) is 44.2. The van der Waals surface area contributed by atoms with E-state index in [4.69, 9.17) is 15.2 Å². The van der Waals surface area contributed by atoms with Gasteiger partial charge in [-0.2, -0.15) is 0 Å². The van der Waals surface area contributed by atoms with E-state index in [1.807, 2.05) is 121 Å². The third-order valence-corrected chi connectivity index (χ3v) is 11.3. The van der Waals surface area contributed by atoms with E-state index in [9.17, 15) is 24.9 Å². The summed E-state index contributed by atoms with van der Waals surface area (Å²) in [5.41, 5.74) is 9.38. The van der Waals surface area contributed by atoms with Gasteiger partial charge in [-0.05, 0) is 112 Å². The van der Waals surface area contributed by atoms with Crippen molar-refractivity contribution < 1.29 is 53.2 Å². The molecule has 2 aliphatic rings. The Morgan fingerprint density at radius 2 is 1.09 bits per heavy atom. The van der Waals surface area contributed by atoms with Crippen LogP contribution in [0.1, 0.15) is 44.2 Å². The number of hydrogen-bond donors (Lipinski definition) is 4. The predicted molar refractivity (Wildman–Crippen MR) is 249 cm³/mol. The molecule has 2 saturated heterocycles. The normalized spacial score (nSPS) is 15.4. The van der Waals surface area contributed by atoms with Crippen molar-refractivity contribution in [3.63, 3.8) is 0 Å². The number of piperidine rings is 2. The van der Waals surface area contributed by atoms with Crippen LogP contribution in [0, 0.1) is 11.8 Å². The number of ether oxygens (including phenoxy) is 2. The topological polar surface area (TPSA) is 186 Å². The van der Waals surface area contributed by atoms with Gasteiger partial charge in [0.2, 0.25) is 5.91 Å². The molecule has 4 heterocycles. The number of hydrogen-bond acceptors (Lipinski definition) is 12. The summed E-state index contributed by atoms with van der Waals surface area (Å²) < 4.78 is 11.6. The summed E-state index contributed by atoms with van der Waals surface area (Å²) >= 11 is 0. The Morgan fingerprint density at radius 3 is 1.52 bits per heavy atom. The second-order valence-corrected chi connectivity index (χ2v) is 15.9. The molecule has 2 aliphatic heterocycles. The van der Waals surface area contributed by atoms with Crippen LogP contribution in [-0.4, -0.2) is 107 Å². The SMILES string of the molecule is C.NCc1ccccc1.O=C(NCc1ccccc1)C1CCN(C[C@@H](O)COc2cccc3ncccc23)CC1.O=C([O-])C1CCN(CC(O)COc2cccc3ncccc23)CC1.[Li+]. The molecule has 2 fully saturated rings. The zero-order valence-corrected chi connectivity index (χ0v) is 36.7. The molecule has 0 spiro atoms. The molecule has 2 atom stereocenters. The first-order valence-electron chi connectivity index (χ1n) is 21.8. The van der Waals surface area contributed by atoms with Gasteiger partial charge in [-0.3, -0.25) is 14.8 Å². The molecule has 5 N–H and O–H groups in total. The number of nitrogens with one attached hydrogen (secondary N) is 1. The third kappa shape index (κ3) is 16.9. The second-order valence-electron chi connectivity index (χ2n) is 15.9. The van der Waals surface area contributed by atoms with Crippen LogP contribution in [-0.2, 0) is 22.7 Å². The number of nitrogens with zero attached hydrogens (tertiary/aromatic N) is 4. The van der Waals surface area contributed by atoms with Gasteiger partial charge < -0.3 is 50.4 Å². The Bertz CT molecular complexity index is 2280. The number of carbonyl (C=O) groups is 2. The number of nitrogens with two attached hydrogens (primary N) is 1. The maximum absolute atomic E-state index is 12.5. The number of fused-ring (bicyclic) bond motifs is 2. The van der Waals surface area contributed by atoms with Gasteiger partial charge in [-0.1, -0.05) is 80.2 Å². The van der Waals surface area contributed by atoms with Gasteiger partial charge in [0.15, 0.2) is 0 Å². The van der Waals surface area contributed by atoms with E-state index in [1.54, 1.807) is 12.4 Å². The van der Waals surface area contributed by atoms with E-state index in [-0.39, 0.29) is 57.2 Å². The first kappa shape index (κ1) is 52.3. The monoisotopic (exact) mass is 878 g/mol. The van der Waals surface area contributed by atoms with Crippen LogP contribution in [0.15, 0.2) is 134 Å². The van der Waals surface area contributed by atoms with E-state index in [0.717, 1.165) is 59.0 Å². The number of aliphatic hydroxyl groups is 2. The fraction of sp³-hybridized carbons (Fsp3) is 0.373. The van der Waals surface area contributed by atoms with Gasteiger partial charge in [0.05, 0.1) is 11.0 Å². The summed E-state index contributed by atoms with van der Waals surface area (Å²) in [7, 11) is 0. The number of benzene rings is 4. The number of likely N-dealkylation sites (tertiary alicyclic amines) is 2. The van der Waals surface area contributed by atoms with Crippen molar-refractivity contribution in [2.75, 3.05) is 52.5 Å². The van der Waals surface area contributed by atoms with E-state index < -0.39 is 18.2 Å². The first-order chi connectivity index (χ1) is 30.7. The maximum atomic E-state index is 12.5. The third-order valence-electron chi connectivity index (χ3n) is 11.3. The minimum atomic E-state index is -0.969. The molecule has 65 heavy (non-hydrogen) atoms. The summed E-state index contributed by atoms with van der Waals surface area (Å²) in [5, 5.41) is 36.4. The van der Waals surface area contributed by atoms with Crippen LogP contribution < -0.4 is 44.5 Å². The number of carboxylic acids is 1. The summed E-state index contributed by atoms with van der Waals surface area (Å²) in [5.74, 6) is 0.267. The number of carboxylic acid groups (broad SMARTS) is 1. The molecule has 0 aliphatic carbocycles. The fourth-order valence-electron chi connectivity index (χ4n) is 7.75. The number of aliphatic carboxylic acids is 1. The Labute approximate surface area is 395 Å². The molecular weight excluding hydrogens is 816 g/mol. The van der Waals surface area contributed by atoms with Crippen molar-refractivity contribution in [2.45, 2.75) is 58.4 Å². The molecule has 1 amide bonds. The molecule has 8 rings (SSSR count). The van der Waals surface area contributed by atoms with Crippen molar-refractivity contribution in [1.82, 2.24) is 25.1 Å². The van der Waals surface area contributed by atoms with Gasteiger partial charge >= 0.3 is 18.9 Å². The minimum absolute atomic E-state index is 0. The second kappa shape index (κ2) is 27.8. The Hall–Kier alpha value is -5.36. The quantitative estimate of drug-likeness (QED) is 0.111. The average molecular weight is 879 g/mol. The number of carbonyl (C=O) groups excluding carboxylic acids is 2. The van der Waals surface area contributed by atoms with Gasteiger partial charge in [0.1, 0.15) is 36.9 Å². The largest absolute Gasteiger partial charge is 1.00 e. The molecule has 340 valence electrons. The van der Waals surface area contributed by atoms with Crippen LogP contribution in [0.5, 0.6) is 11.5 Å². The molecular formula is C51H63LiN6O7. The minimum Gasteiger partial charge on any atom is -0.550 e. The molecule has 4 aromatic carbocycles.